The van der Waals surface area contributed by atoms with Gasteiger partial charge in [-0.1, -0.05) is 27.7 Å². The Bertz CT molecular complexity index is 2360. The predicted molar refractivity (Wildman–Crippen MR) is 230 cm³/mol. The molecule has 8 heteroatoms. The summed E-state index contributed by atoms with van der Waals surface area (Å²) in [6, 6.07) is 28.1. The summed E-state index contributed by atoms with van der Waals surface area (Å²) >= 11 is 15.5. The molecular weight excluding hydrogens is 749 g/mol. The third-order valence-corrected chi connectivity index (χ3v) is 18.9. The Morgan fingerprint density at radius 3 is 1.16 bits per heavy atom. The molecule has 0 atom stereocenters. The van der Waals surface area contributed by atoms with Crippen LogP contribution >= 0.6 is 90.7 Å². The lowest BCUT2D eigenvalue weighted by atomic mass is 10.1. The molecule has 248 valence electrons. The van der Waals surface area contributed by atoms with E-state index in [4.69, 9.17) is 0 Å². The normalized spacial score (nSPS) is 11.7. The highest BCUT2D eigenvalue weighted by molar-refractivity contribution is 7.31. The first-order valence-electron chi connectivity index (χ1n) is 16.8. The quantitative estimate of drug-likeness (QED) is 0.123. The monoisotopic (exact) mass is 784 g/mol. The molecule has 0 aliphatic carbocycles. The summed E-state index contributed by atoms with van der Waals surface area (Å²) in [5.41, 5.74) is 5.88. The molecule has 8 heterocycles. The molecular formula is C41H36S8. The maximum Gasteiger partial charge on any atom is 0.0481 e. The second-order valence-corrected chi connectivity index (χ2v) is 20.6. The Hall–Kier alpha value is -2.40. The lowest BCUT2D eigenvalue weighted by molar-refractivity contribution is 1.15. The van der Waals surface area contributed by atoms with Crippen LogP contribution in [-0.4, -0.2) is 0 Å². The second-order valence-electron chi connectivity index (χ2n) is 12.0. The van der Waals surface area contributed by atoms with E-state index in [1.807, 2.05) is 90.7 Å². The summed E-state index contributed by atoms with van der Waals surface area (Å²) in [5, 5.41) is 2.24. The highest BCUT2D eigenvalue weighted by Crippen LogP contribution is 2.49. The van der Waals surface area contributed by atoms with Gasteiger partial charge in [-0.15, -0.1) is 90.7 Å². The number of hydrogen-bond donors (Lipinski definition) is 0. The molecule has 0 unspecified atom stereocenters. The van der Waals surface area contributed by atoms with Gasteiger partial charge < -0.3 is 0 Å². The number of rotatable bonds is 11. The molecule has 49 heavy (non-hydrogen) atoms. The molecule has 0 saturated heterocycles. The van der Waals surface area contributed by atoms with Gasteiger partial charge in [0.05, 0.1) is 0 Å². The third kappa shape index (κ3) is 6.49. The van der Waals surface area contributed by atoms with Gasteiger partial charge >= 0.3 is 0 Å². The second kappa shape index (κ2) is 14.3. The minimum absolute atomic E-state index is 1.06. The average Bonchev–Trinajstić information content (AvgIpc) is 3.97. The predicted octanol–water partition coefficient (Wildman–Crippen LogP) is 16.4. The van der Waals surface area contributed by atoms with E-state index in [-0.39, 0.29) is 0 Å². The van der Waals surface area contributed by atoms with Crippen LogP contribution in [-0.2, 0) is 25.7 Å². The summed E-state index contributed by atoms with van der Waals surface area (Å²) in [6.07, 6.45) is 4.29. The van der Waals surface area contributed by atoms with Crippen molar-refractivity contribution in [3.8, 4) is 68.3 Å². The van der Waals surface area contributed by atoms with Gasteiger partial charge in [0.2, 0.25) is 0 Å². The van der Waals surface area contributed by atoms with E-state index in [2.05, 4.69) is 113 Å². The third-order valence-electron chi connectivity index (χ3n) is 8.87. The van der Waals surface area contributed by atoms with Crippen LogP contribution in [0.5, 0.6) is 0 Å². The minimum Gasteiger partial charge on any atom is -0.143 e. The van der Waals surface area contributed by atoms with E-state index < -0.39 is 0 Å². The molecule has 0 radical (unpaired) electrons. The largest absolute Gasteiger partial charge is 0.143 e. The Kier molecular flexibility index (Phi) is 9.85. The van der Waals surface area contributed by atoms with Crippen molar-refractivity contribution in [3.63, 3.8) is 0 Å². The summed E-state index contributed by atoms with van der Waals surface area (Å²) in [5.74, 6) is 0. The van der Waals surface area contributed by atoms with Crippen molar-refractivity contribution in [2.24, 2.45) is 0 Å². The first kappa shape index (κ1) is 33.7. The lowest BCUT2D eigenvalue weighted by Gasteiger charge is -1.97. The first-order chi connectivity index (χ1) is 24.0. The van der Waals surface area contributed by atoms with Gasteiger partial charge in [-0.3, -0.25) is 0 Å². The van der Waals surface area contributed by atoms with Crippen molar-refractivity contribution in [3.05, 3.63) is 105 Å². The smallest absolute Gasteiger partial charge is 0.0481 e. The maximum absolute atomic E-state index is 2.45. The highest BCUT2D eigenvalue weighted by Gasteiger charge is 2.19. The summed E-state index contributed by atoms with van der Waals surface area (Å²) in [7, 11) is 0. The zero-order valence-corrected chi connectivity index (χ0v) is 34.6. The van der Waals surface area contributed by atoms with E-state index in [0.717, 1.165) is 25.7 Å². The molecule has 0 saturated carbocycles. The van der Waals surface area contributed by atoms with E-state index in [1.165, 1.54) is 95.4 Å². The summed E-state index contributed by atoms with van der Waals surface area (Å²) < 4.78 is 0. The van der Waals surface area contributed by atoms with Crippen LogP contribution in [0.2, 0.25) is 0 Å². The van der Waals surface area contributed by atoms with Crippen LogP contribution in [0.1, 0.15) is 54.8 Å². The fourth-order valence-corrected chi connectivity index (χ4v) is 15.8. The van der Waals surface area contributed by atoms with Crippen molar-refractivity contribution in [1.82, 2.24) is 0 Å². The van der Waals surface area contributed by atoms with Crippen LogP contribution in [0.3, 0.4) is 0 Å². The number of hydrogen-bond acceptors (Lipinski definition) is 8. The van der Waals surface area contributed by atoms with Crippen molar-refractivity contribution in [2.75, 3.05) is 0 Å². The van der Waals surface area contributed by atoms with E-state index >= 15 is 0 Å². The van der Waals surface area contributed by atoms with Gasteiger partial charge in [0.1, 0.15) is 0 Å². The lowest BCUT2D eigenvalue weighted by Crippen LogP contribution is -1.78. The van der Waals surface area contributed by atoms with Gasteiger partial charge in [0.25, 0.3) is 0 Å². The van der Waals surface area contributed by atoms with Crippen molar-refractivity contribution in [2.45, 2.75) is 60.3 Å². The van der Waals surface area contributed by atoms with Crippen LogP contribution in [0.15, 0.2) is 78.2 Å². The van der Waals surface area contributed by atoms with Gasteiger partial charge in [-0.25, -0.2) is 0 Å². The highest BCUT2D eigenvalue weighted by atomic mass is 32.1. The topological polar surface area (TPSA) is 0 Å². The molecule has 0 nitrogen and oxygen atoms in total. The molecule has 0 bridgehead atoms. The van der Waals surface area contributed by atoms with Crippen molar-refractivity contribution in [1.29, 1.82) is 0 Å². The molecule has 0 spiro atoms. The van der Waals surface area contributed by atoms with Crippen molar-refractivity contribution < 1.29 is 0 Å². The average molecular weight is 785 g/mol. The fourth-order valence-electron chi connectivity index (χ4n) is 6.28. The molecule has 0 aromatic carbocycles. The van der Waals surface area contributed by atoms with E-state index in [1.54, 1.807) is 0 Å². The Labute approximate surface area is 321 Å². The Balaban J connectivity index is 1.02. The number of aryl methyl sites for hydroxylation is 5. The van der Waals surface area contributed by atoms with Gasteiger partial charge in [0.15, 0.2) is 0 Å². The van der Waals surface area contributed by atoms with Gasteiger partial charge in [0, 0.05) is 73.2 Å². The fraction of sp³-hybridized carbons (Fsp3) is 0.220. The maximum atomic E-state index is 2.45. The van der Waals surface area contributed by atoms with Crippen molar-refractivity contribution >= 4 is 90.7 Å². The molecule has 0 aliphatic rings. The van der Waals surface area contributed by atoms with Gasteiger partial charge in [-0.05, 0) is 133 Å². The van der Waals surface area contributed by atoms with Gasteiger partial charge in [-0.2, -0.15) is 0 Å². The zero-order valence-electron chi connectivity index (χ0n) is 28.1. The molecule has 8 aromatic heterocycles. The number of thiophene rings is 8. The van der Waals surface area contributed by atoms with Crippen LogP contribution in [0.25, 0.3) is 68.3 Å². The van der Waals surface area contributed by atoms with Crippen LogP contribution in [0.4, 0.5) is 0 Å². The van der Waals surface area contributed by atoms with Crippen LogP contribution in [0, 0.1) is 6.92 Å². The molecule has 0 amide bonds. The standard InChI is InChI=1S/C41H36S8/c1-6-24-18-19-42-38(24)36-21-26(8-3)39(48-36)34-16-14-32(46-34)30-12-10-28(44-30)29-11-13-31(45-29)33-15-17-35(47-33)40-27(9-4)22-37(49-40)41-25(7-2)20-23(5)43-41/h10-22H,6-9H2,1-5H3. The molecule has 0 N–H and O–H groups in total. The summed E-state index contributed by atoms with van der Waals surface area (Å²) in [4.78, 5) is 21.0. The molecule has 0 fully saturated rings. The molecule has 8 rings (SSSR count). The molecule has 0 aliphatic heterocycles. The van der Waals surface area contributed by atoms with E-state index in [9.17, 15) is 0 Å². The minimum atomic E-state index is 1.06. The summed E-state index contributed by atoms with van der Waals surface area (Å²) in [6.45, 7) is 11.3. The van der Waals surface area contributed by atoms with Crippen LogP contribution < -0.4 is 0 Å². The zero-order chi connectivity index (χ0) is 33.6. The SMILES string of the molecule is CCc1ccsc1-c1cc(CC)c(-c2ccc(-c3ccc(-c4ccc(-c5ccc(-c6sc(-c7sc(C)cc7CC)cc6CC)s5)s4)s3)s2)s1. The molecule has 8 aromatic rings. The first-order valence-corrected chi connectivity index (χ1v) is 23.4. The Morgan fingerprint density at radius 2 is 0.714 bits per heavy atom. The Morgan fingerprint density at radius 1 is 0.347 bits per heavy atom. The van der Waals surface area contributed by atoms with E-state index in [0.29, 0.717) is 0 Å².